The van der Waals surface area contributed by atoms with Crippen molar-refractivity contribution in [1.29, 1.82) is 0 Å². The molecule has 1 atom stereocenters. The van der Waals surface area contributed by atoms with Crippen molar-refractivity contribution in [2.45, 2.75) is 25.5 Å². The summed E-state index contributed by atoms with van der Waals surface area (Å²) in [5, 5.41) is 0.524. The molecule has 2 heterocycles. The van der Waals surface area contributed by atoms with Crippen molar-refractivity contribution < 1.29 is 17.4 Å². The van der Waals surface area contributed by atoms with Gasteiger partial charge in [0.25, 0.3) is 15.7 Å². The third-order valence-electron chi connectivity index (χ3n) is 4.10. The molecule has 1 aromatic carbocycles. The SMILES string of the molecule is CC[C@@H](c1cc2scc(C)n2c(=O)c1-c1cccc(F)c1)S(=O)(=O)O. The summed E-state index contributed by atoms with van der Waals surface area (Å²) in [6, 6.07) is 7.02. The molecule has 0 radical (unpaired) electrons. The van der Waals surface area contributed by atoms with Crippen LogP contribution >= 0.6 is 11.3 Å². The van der Waals surface area contributed by atoms with Gasteiger partial charge in [-0.3, -0.25) is 13.7 Å². The van der Waals surface area contributed by atoms with E-state index in [1.54, 1.807) is 31.4 Å². The van der Waals surface area contributed by atoms with Crippen molar-refractivity contribution in [3.63, 3.8) is 0 Å². The lowest BCUT2D eigenvalue weighted by Gasteiger charge is -2.17. The minimum atomic E-state index is -4.42. The van der Waals surface area contributed by atoms with E-state index in [0.29, 0.717) is 10.5 Å². The zero-order valence-corrected chi connectivity index (χ0v) is 15.2. The molecule has 0 saturated heterocycles. The minimum Gasteiger partial charge on any atom is -0.285 e. The first-order valence-corrected chi connectivity index (χ1v) is 9.98. The molecule has 0 bridgehead atoms. The Morgan fingerprint density at radius 2 is 2.04 bits per heavy atom. The maximum Gasteiger partial charge on any atom is 0.272 e. The van der Waals surface area contributed by atoms with Crippen LogP contribution in [0.25, 0.3) is 16.0 Å². The lowest BCUT2D eigenvalue weighted by Crippen LogP contribution is -2.22. The zero-order valence-electron chi connectivity index (χ0n) is 13.6. The van der Waals surface area contributed by atoms with Crippen molar-refractivity contribution in [2.75, 3.05) is 0 Å². The van der Waals surface area contributed by atoms with Crippen LogP contribution in [0.3, 0.4) is 0 Å². The molecule has 8 heteroatoms. The average molecular weight is 381 g/mol. The lowest BCUT2D eigenvalue weighted by atomic mass is 9.98. The van der Waals surface area contributed by atoms with E-state index in [4.69, 9.17) is 0 Å². The van der Waals surface area contributed by atoms with E-state index in [9.17, 15) is 22.2 Å². The van der Waals surface area contributed by atoms with Gasteiger partial charge < -0.3 is 0 Å². The Hall–Kier alpha value is -2.03. The van der Waals surface area contributed by atoms with Crippen LogP contribution in [0, 0.1) is 12.7 Å². The smallest absolute Gasteiger partial charge is 0.272 e. The van der Waals surface area contributed by atoms with Gasteiger partial charge in [0.2, 0.25) is 0 Å². The largest absolute Gasteiger partial charge is 0.285 e. The van der Waals surface area contributed by atoms with Gasteiger partial charge >= 0.3 is 0 Å². The molecule has 1 N–H and O–H groups in total. The van der Waals surface area contributed by atoms with Gasteiger partial charge in [-0.15, -0.1) is 11.3 Å². The van der Waals surface area contributed by atoms with Crippen molar-refractivity contribution in [3.8, 4) is 11.1 Å². The monoisotopic (exact) mass is 381 g/mol. The molecule has 0 saturated carbocycles. The Bertz CT molecular complexity index is 1120. The van der Waals surface area contributed by atoms with Crippen molar-refractivity contribution in [3.05, 3.63) is 63.1 Å². The van der Waals surface area contributed by atoms with Crippen molar-refractivity contribution in [1.82, 2.24) is 4.40 Å². The highest BCUT2D eigenvalue weighted by molar-refractivity contribution is 7.86. The number of aryl methyl sites for hydroxylation is 1. The van der Waals surface area contributed by atoms with E-state index in [-0.39, 0.29) is 23.1 Å². The Labute approximate surface area is 148 Å². The van der Waals surface area contributed by atoms with Gasteiger partial charge in [0.1, 0.15) is 15.9 Å². The summed E-state index contributed by atoms with van der Waals surface area (Å²) < 4.78 is 48.5. The summed E-state index contributed by atoms with van der Waals surface area (Å²) in [6.45, 7) is 3.37. The molecule has 0 aliphatic carbocycles. The van der Waals surface area contributed by atoms with Gasteiger partial charge in [-0.2, -0.15) is 8.42 Å². The fourth-order valence-corrected chi connectivity index (χ4v) is 4.86. The van der Waals surface area contributed by atoms with Gasteiger partial charge in [-0.1, -0.05) is 19.1 Å². The number of hydrogen-bond acceptors (Lipinski definition) is 4. The molecule has 25 heavy (non-hydrogen) atoms. The lowest BCUT2D eigenvalue weighted by molar-refractivity contribution is 0.466. The molecule has 0 aliphatic heterocycles. The van der Waals surface area contributed by atoms with Crippen LogP contribution < -0.4 is 5.56 Å². The number of aromatic nitrogens is 1. The molecule has 0 aliphatic rings. The van der Waals surface area contributed by atoms with E-state index in [2.05, 4.69) is 0 Å². The quantitative estimate of drug-likeness (QED) is 0.697. The average Bonchev–Trinajstić information content (AvgIpc) is 2.88. The highest BCUT2D eigenvalue weighted by atomic mass is 32.2. The fourth-order valence-electron chi connectivity index (χ4n) is 3.00. The molecule has 5 nitrogen and oxygen atoms in total. The summed E-state index contributed by atoms with van der Waals surface area (Å²) in [5.74, 6) is -0.533. The fraction of sp³-hybridized carbons (Fsp3) is 0.235. The van der Waals surface area contributed by atoms with E-state index in [0.717, 1.165) is 0 Å². The molecule has 132 valence electrons. The normalized spacial score (nSPS) is 13.3. The maximum atomic E-state index is 13.7. The summed E-state index contributed by atoms with van der Waals surface area (Å²) in [5.41, 5.74) is 0.820. The minimum absolute atomic E-state index is 0.0844. The van der Waals surface area contributed by atoms with E-state index in [1.165, 1.54) is 33.9 Å². The number of fused-ring (bicyclic) bond motifs is 1. The second kappa shape index (κ2) is 6.36. The first-order valence-electron chi connectivity index (χ1n) is 7.60. The molecule has 3 rings (SSSR count). The molecule has 0 fully saturated rings. The van der Waals surface area contributed by atoms with Crippen molar-refractivity contribution in [2.24, 2.45) is 0 Å². The van der Waals surface area contributed by atoms with E-state index in [1.807, 2.05) is 0 Å². The summed E-state index contributed by atoms with van der Waals surface area (Å²) in [7, 11) is -4.42. The predicted molar refractivity (Wildman–Crippen MR) is 96.3 cm³/mol. The predicted octanol–water partition coefficient (Wildman–Crippen LogP) is 3.81. The molecule has 2 aromatic heterocycles. The Kier molecular flexibility index (Phi) is 4.52. The Morgan fingerprint density at radius 3 is 2.64 bits per heavy atom. The first kappa shape index (κ1) is 17.8. The third kappa shape index (κ3) is 3.12. The Morgan fingerprint density at radius 1 is 1.32 bits per heavy atom. The van der Waals surface area contributed by atoms with Gasteiger partial charge in [0.05, 0.1) is 5.56 Å². The van der Waals surface area contributed by atoms with Crippen LogP contribution in [-0.4, -0.2) is 17.4 Å². The molecular weight excluding hydrogens is 365 g/mol. The van der Waals surface area contributed by atoms with Crippen LogP contribution in [0.5, 0.6) is 0 Å². The van der Waals surface area contributed by atoms with Gasteiger partial charge in [-0.25, -0.2) is 4.39 Å². The summed E-state index contributed by atoms with van der Waals surface area (Å²) in [6.07, 6.45) is 0.0844. The number of hydrogen-bond donors (Lipinski definition) is 1. The van der Waals surface area contributed by atoms with Gasteiger partial charge in [-0.05, 0) is 42.7 Å². The number of benzene rings is 1. The molecule has 0 unspecified atom stereocenters. The van der Waals surface area contributed by atoms with E-state index >= 15 is 0 Å². The highest BCUT2D eigenvalue weighted by Gasteiger charge is 2.29. The number of halogens is 1. The summed E-state index contributed by atoms with van der Waals surface area (Å²) in [4.78, 5) is 13.6. The van der Waals surface area contributed by atoms with Crippen LogP contribution in [0.15, 0.2) is 40.5 Å². The van der Waals surface area contributed by atoms with E-state index < -0.39 is 26.7 Å². The van der Waals surface area contributed by atoms with Gasteiger partial charge in [0, 0.05) is 11.1 Å². The number of thiazole rings is 1. The topological polar surface area (TPSA) is 75.8 Å². The number of pyridine rings is 1. The van der Waals surface area contributed by atoms with Gasteiger partial charge in [0.15, 0.2) is 0 Å². The number of nitrogens with zero attached hydrogens (tertiary/aromatic N) is 1. The van der Waals surface area contributed by atoms with Crippen LogP contribution in [0.2, 0.25) is 0 Å². The highest BCUT2D eigenvalue weighted by Crippen LogP contribution is 2.34. The second-order valence-electron chi connectivity index (χ2n) is 5.75. The first-order chi connectivity index (χ1) is 11.7. The molecular formula is C17H16FNO4S2. The second-order valence-corrected chi connectivity index (χ2v) is 8.24. The summed E-state index contributed by atoms with van der Waals surface area (Å²) >= 11 is 1.30. The van der Waals surface area contributed by atoms with Crippen molar-refractivity contribution >= 4 is 26.3 Å². The zero-order chi connectivity index (χ0) is 18.4. The molecule has 3 aromatic rings. The maximum absolute atomic E-state index is 13.7. The third-order valence-corrected chi connectivity index (χ3v) is 6.41. The number of rotatable bonds is 4. The van der Waals surface area contributed by atoms with Crippen LogP contribution in [-0.2, 0) is 10.1 Å². The van der Waals surface area contributed by atoms with Crippen LogP contribution in [0.4, 0.5) is 4.39 Å². The standard InChI is InChI=1S/C17H16FNO4S2/c1-3-14(25(21,22)23)13-8-15-19(10(2)9-24-15)17(20)16(13)11-5-4-6-12(18)7-11/h4-9,14H,3H2,1-2H3,(H,21,22,23)/t14-/m0/s1. The molecule has 0 amide bonds. The molecule has 0 spiro atoms. The van der Waals surface area contributed by atoms with Crippen LogP contribution in [0.1, 0.15) is 29.9 Å². The Balaban J connectivity index is 2.47.